The monoisotopic (exact) mass is 1120 g/mol. The molecule has 2 aromatic rings. The van der Waals surface area contributed by atoms with Crippen molar-refractivity contribution in [3.63, 3.8) is 0 Å². The summed E-state index contributed by atoms with van der Waals surface area (Å²) in [7, 11) is 0. The molecule has 0 radical (unpaired) electrons. The number of aromatic hydroxyl groups is 1. The number of aliphatic carboxylic acids is 3. The number of nitrogens with one attached hydrogen (secondary N) is 2. The van der Waals surface area contributed by atoms with Crippen molar-refractivity contribution in [2.75, 3.05) is 65.4 Å². The van der Waals surface area contributed by atoms with Crippen molar-refractivity contribution in [3.05, 3.63) is 60.7 Å². The van der Waals surface area contributed by atoms with Gasteiger partial charge in [-0.2, -0.15) is 0 Å². The molecule has 1 fully saturated rings. The standard InChI is InChI=1S/C46H71I2N7O9/c1-29(31-14-12-11-13-15-31)50-41(64)35(51-40(63)34(49)24-30-22-32(47)39(62)33(48)23-30)25-52-16-17-53(26-36(56)57)18-20-54(27-37(58)59)42(43(2,3)4)46(44(5,6)7,45(8,9)10)55(21-19-52)28-38(60)61/h11-15,22-23,29,34-35,42,62H,16-21,24-28,49H2,1-10H3,(H,50,64)(H,51,63)(H,56,57)(H,58,59)(H,60,61)/t29-,34?,35?,42?/m1/s1. The van der Waals surface area contributed by atoms with E-state index in [1.165, 1.54) is 0 Å². The Morgan fingerprint density at radius 3 is 1.73 bits per heavy atom. The maximum absolute atomic E-state index is 14.4. The lowest BCUT2D eigenvalue weighted by atomic mass is 9.51. The van der Waals surface area contributed by atoms with Crippen LogP contribution >= 0.6 is 45.2 Å². The van der Waals surface area contributed by atoms with Gasteiger partial charge in [0.15, 0.2) is 0 Å². The highest BCUT2D eigenvalue weighted by atomic mass is 127. The van der Waals surface area contributed by atoms with Crippen LogP contribution in [0.5, 0.6) is 5.75 Å². The average Bonchev–Trinajstić information content (AvgIpc) is 3.15. The van der Waals surface area contributed by atoms with Gasteiger partial charge in [-0.1, -0.05) is 92.6 Å². The maximum atomic E-state index is 14.4. The van der Waals surface area contributed by atoms with Crippen LogP contribution in [-0.4, -0.2) is 159 Å². The minimum atomic E-state index is -1.15. The number of hydrogen-bond acceptors (Lipinski definition) is 11. The lowest BCUT2D eigenvalue weighted by molar-refractivity contribution is -0.181. The summed E-state index contributed by atoms with van der Waals surface area (Å²) in [5, 5.41) is 47.4. The number of phenolic OH excluding ortho intramolecular Hbond substituents is 1. The van der Waals surface area contributed by atoms with Crippen LogP contribution in [0.15, 0.2) is 42.5 Å². The second-order valence-corrected chi connectivity index (χ2v) is 22.4. The molecule has 1 heterocycles. The van der Waals surface area contributed by atoms with E-state index in [0.29, 0.717) is 7.14 Å². The highest BCUT2D eigenvalue weighted by Crippen LogP contribution is 2.55. The summed E-state index contributed by atoms with van der Waals surface area (Å²) < 4.78 is 1.21. The number of carbonyl (C=O) groups is 5. The summed E-state index contributed by atoms with van der Waals surface area (Å²) in [5.41, 5.74) is 5.05. The van der Waals surface area contributed by atoms with E-state index in [-0.39, 0.29) is 77.6 Å². The minimum Gasteiger partial charge on any atom is -0.506 e. The van der Waals surface area contributed by atoms with Gasteiger partial charge in [-0.15, -0.1) is 0 Å². The number of carboxylic acid groups (broad SMARTS) is 3. The number of benzene rings is 2. The lowest BCUT2D eigenvalue weighted by Gasteiger charge is -2.67. The number of halogens is 2. The zero-order valence-corrected chi connectivity index (χ0v) is 43.4. The van der Waals surface area contributed by atoms with E-state index in [1.807, 2.05) is 118 Å². The Kier molecular flexibility index (Phi) is 19.9. The topological polar surface area (TPSA) is 229 Å². The van der Waals surface area contributed by atoms with Crippen molar-refractivity contribution >= 4 is 74.9 Å². The molecule has 0 aliphatic carbocycles. The predicted molar refractivity (Wildman–Crippen MR) is 264 cm³/mol. The van der Waals surface area contributed by atoms with Gasteiger partial charge >= 0.3 is 17.9 Å². The summed E-state index contributed by atoms with van der Waals surface area (Å²) in [6, 6.07) is 9.65. The number of nitrogens with zero attached hydrogens (tertiary/aromatic N) is 4. The highest BCUT2D eigenvalue weighted by molar-refractivity contribution is 14.1. The quantitative estimate of drug-likeness (QED) is 0.122. The van der Waals surface area contributed by atoms with Crippen LogP contribution in [0.1, 0.15) is 86.4 Å². The molecule has 0 spiro atoms. The van der Waals surface area contributed by atoms with Gasteiger partial charge in [-0.05, 0) is 98.0 Å². The Bertz CT molecular complexity index is 1900. The fraction of sp³-hybridized carbons (Fsp3) is 0.630. The van der Waals surface area contributed by atoms with Crippen molar-refractivity contribution in [2.45, 2.75) is 105 Å². The molecule has 0 aromatic heterocycles. The smallest absolute Gasteiger partial charge is 0.317 e. The summed E-state index contributed by atoms with van der Waals surface area (Å²) in [6.45, 7) is 20.3. The molecule has 2 aromatic carbocycles. The molecule has 64 heavy (non-hydrogen) atoms. The maximum Gasteiger partial charge on any atom is 0.317 e. The third kappa shape index (κ3) is 14.7. The molecular weight excluding hydrogens is 1050 g/mol. The second-order valence-electron chi connectivity index (χ2n) is 20.1. The Morgan fingerprint density at radius 1 is 0.734 bits per heavy atom. The Balaban J connectivity index is 2.22. The molecule has 16 nitrogen and oxygen atoms in total. The van der Waals surface area contributed by atoms with Crippen LogP contribution in [-0.2, 0) is 30.4 Å². The molecule has 18 heteroatoms. The van der Waals surface area contributed by atoms with Crippen LogP contribution < -0.4 is 16.4 Å². The second kappa shape index (κ2) is 23.0. The van der Waals surface area contributed by atoms with Gasteiger partial charge in [0.05, 0.1) is 38.9 Å². The van der Waals surface area contributed by atoms with Crippen molar-refractivity contribution < 1.29 is 44.4 Å². The molecule has 0 saturated carbocycles. The van der Waals surface area contributed by atoms with E-state index in [0.717, 1.165) is 11.1 Å². The van der Waals surface area contributed by atoms with Gasteiger partial charge in [0.25, 0.3) is 0 Å². The van der Waals surface area contributed by atoms with E-state index >= 15 is 0 Å². The lowest BCUT2D eigenvalue weighted by Crippen LogP contribution is -2.78. The molecule has 1 aliphatic heterocycles. The van der Waals surface area contributed by atoms with Gasteiger partial charge < -0.3 is 36.8 Å². The Labute approximate surface area is 406 Å². The van der Waals surface area contributed by atoms with Crippen LogP contribution in [0.25, 0.3) is 0 Å². The molecule has 0 bridgehead atoms. The summed E-state index contributed by atoms with van der Waals surface area (Å²) in [4.78, 5) is 74.1. The number of nitrogens with two attached hydrogens (primary N) is 1. The molecule has 358 valence electrons. The largest absolute Gasteiger partial charge is 0.506 e. The number of rotatable bonds is 15. The molecule has 2 amide bonds. The van der Waals surface area contributed by atoms with Crippen LogP contribution in [0.4, 0.5) is 0 Å². The van der Waals surface area contributed by atoms with Crippen LogP contribution in [0, 0.1) is 23.4 Å². The zero-order chi connectivity index (χ0) is 48.5. The zero-order valence-electron chi connectivity index (χ0n) is 39.1. The van der Waals surface area contributed by atoms with Crippen LogP contribution in [0.3, 0.4) is 0 Å². The molecule has 8 N–H and O–H groups in total. The fourth-order valence-corrected chi connectivity index (χ4v) is 11.9. The van der Waals surface area contributed by atoms with E-state index in [9.17, 15) is 44.4 Å². The SMILES string of the molecule is C[C@@H](NC(=O)C(CN1CCN(CC(=O)O)CCN(CC(=O)O)C(C(C)(C)C)C(C(C)(C)C)(C(C)(C)C)N(CC(=O)O)CC1)NC(=O)C(N)Cc1cc(I)c(O)c(I)c1)c1ccccc1. The predicted octanol–water partition coefficient (Wildman–Crippen LogP) is 4.55. The molecule has 3 unspecified atom stereocenters. The van der Waals surface area contributed by atoms with Crippen LogP contribution in [0.2, 0.25) is 0 Å². The number of phenols is 1. The Morgan fingerprint density at radius 2 is 1.23 bits per heavy atom. The van der Waals surface area contributed by atoms with Gasteiger partial charge in [-0.3, -0.25) is 43.6 Å². The summed E-state index contributed by atoms with van der Waals surface area (Å²) in [5.74, 6) is -4.10. The molecular formula is C46H71I2N7O9. The molecule has 4 atom stereocenters. The first kappa shape index (κ1) is 55.2. The third-order valence-electron chi connectivity index (χ3n) is 12.1. The molecule has 1 aliphatic rings. The average molecular weight is 1120 g/mol. The highest BCUT2D eigenvalue weighted by Gasteiger charge is 2.63. The first-order valence-electron chi connectivity index (χ1n) is 21.7. The number of carbonyl (C=O) groups excluding carboxylic acids is 2. The van der Waals surface area contributed by atoms with Crippen molar-refractivity contribution in [2.24, 2.45) is 22.0 Å². The summed E-state index contributed by atoms with van der Waals surface area (Å²) in [6.07, 6.45) is 0.125. The van der Waals surface area contributed by atoms with E-state index in [1.54, 1.807) is 17.0 Å². The minimum absolute atomic E-state index is 0.0332. The van der Waals surface area contributed by atoms with Gasteiger partial charge in [0, 0.05) is 57.4 Å². The van der Waals surface area contributed by atoms with Crippen molar-refractivity contribution in [1.29, 1.82) is 0 Å². The van der Waals surface area contributed by atoms with E-state index in [2.05, 4.69) is 52.2 Å². The van der Waals surface area contributed by atoms with Crippen molar-refractivity contribution in [1.82, 2.24) is 30.2 Å². The van der Waals surface area contributed by atoms with E-state index in [4.69, 9.17) is 5.73 Å². The van der Waals surface area contributed by atoms with Gasteiger partial charge in [-0.25, -0.2) is 0 Å². The fourth-order valence-electron chi connectivity index (χ4n) is 10.0. The Hall–Kier alpha value is -3.15. The first-order chi connectivity index (χ1) is 29.5. The summed E-state index contributed by atoms with van der Waals surface area (Å²) >= 11 is 4.03. The van der Waals surface area contributed by atoms with E-state index < -0.39 is 75.7 Å². The molecule has 1 saturated heterocycles. The third-order valence-corrected chi connectivity index (χ3v) is 13.8. The first-order valence-corrected chi connectivity index (χ1v) is 23.8. The molecule has 3 rings (SSSR count). The van der Waals surface area contributed by atoms with Crippen molar-refractivity contribution in [3.8, 4) is 5.75 Å². The normalized spacial score (nSPS) is 19.4. The van der Waals surface area contributed by atoms with Gasteiger partial charge in [0.1, 0.15) is 11.8 Å². The number of amides is 2. The number of hydrogen-bond donors (Lipinski definition) is 7. The van der Waals surface area contributed by atoms with Gasteiger partial charge in [0.2, 0.25) is 11.8 Å². The number of carboxylic acids is 3.